The molecule has 0 aliphatic carbocycles. The van der Waals surface area contributed by atoms with Gasteiger partial charge in [-0.1, -0.05) is 0 Å². The fourth-order valence-electron chi connectivity index (χ4n) is 1.74. The van der Waals surface area contributed by atoms with Crippen LogP contribution < -0.4 is 4.74 Å². The fraction of sp³-hybridized carbons (Fsp3) is 0.182. The number of rotatable bonds is 3. The lowest BCUT2D eigenvalue weighted by molar-refractivity contribution is 0.399. The number of H-pyrrole nitrogens is 1. The molecule has 7 heteroatoms. The maximum atomic E-state index is 5.31. The van der Waals surface area contributed by atoms with Crippen LogP contribution in [0.5, 0.6) is 5.88 Å². The molecule has 92 valence electrons. The first kappa shape index (κ1) is 11.4. The molecule has 1 N–H and O–H groups in total. The number of imidazole rings is 1. The maximum Gasteiger partial charge on any atom is 0.215 e. The van der Waals surface area contributed by atoms with Crippen molar-refractivity contribution >= 4 is 34.7 Å². The number of pyridine rings is 1. The second-order valence-electron chi connectivity index (χ2n) is 3.67. The lowest BCUT2D eigenvalue weighted by atomic mass is 10.4. The molecule has 0 radical (unpaired) electrons. The van der Waals surface area contributed by atoms with Crippen molar-refractivity contribution in [2.24, 2.45) is 0 Å². The lowest BCUT2D eigenvalue weighted by Crippen LogP contribution is -2.00. The average molecular weight is 278 g/mol. The molecule has 0 unspecified atom stereocenters. The summed E-state index contributed by atoms with van der Waals surface area (Å²) >= 11 is 6.91. The predicted octanol–water partition coefficient (Wildman–Crippen LogP) is 2.61. The molecule has 0 aliphatic heterocycles. The number of hydrogen-bond acceptors (Lipinski definition) is 5. The Morgan fingerprint density at radius 2 is 2.39 bits per heavy atom. The molecule has 0 aromatic carbocycles. The highest BCUT2D eigenvalue weighted by Gasteiger charge is 2.08. The number of methoxy groups -OCH3 is 1. The Hall–Kier alpha value is -1.73. The van der Waals surface area contributed by atoms with E-state index in [-0.39, 0.29) is 0 Å². The van der Waals surface area contributed by atoms with Gasteiger partial charge in [0.1, 0.15) is 5.01 Å². The minimum Gasteiger partial charge on any atom is -0.481 e. The zero-order chi connectivity index (χ0) is 12.5. The summed E-state index contributed by atoms with van der Waals surface area (Å²) in [5.74, 6) is 0.574. The van der Waals surface area contributed by atoms with Gasteiger partial charge in [0.25, 0.3) is 0 Å². The molecule has 3 aromatic heterocycles. The molecule has 0 aliphatic rings. The molecular formula is C11H10N4OS2. The minimum atomic E-state index is 0.574. The van der Waals surface area contributed by atoms with Gasteiger partial charge in [0.15, 0.2) is 10.4 Å². The maximum absolute atomic E-state index is 5.31. The second kappa shape index (κ2) is 4.51. The van der Waals surface area contributed by atoms with Gasteiger partial charge >= 0.3 is 0 Å². The van der Waals surface area contributed by atoms with Crippen LogP contribution in [0, 0.1) is 4.77 Å². The first-order valence-electron chi connectivity index (χ1n) is 5.30. The van der Waals surface area contributed by atoms with E-state index in [1.54, 1.807) is 30.7 Å². The number of ether oxygens (including phenoxy) is 1. The zero-order valence-electron chi connectivity index (χ0n) is 9.58. The van der Waals surface area contributed by atoms with Crippen molar-refractivity contribution in [1.82, 2.24) is 19.5 Å². The van der Waals surface area contributed by atoms with Crippen molar-refractivity contribution in [3.63, 3.8) is 0 Å². The highest BCUT2D eigenvalue weighted by Crippen LogP contribution is 2.18. The van der Waals surface area contributed by atoms with Gasteiger partial charge in [0, 0.05) is 17.6 Å². The predicted molar refractivity (Wildman–Crippen MR) is 72.7 cm³/mol. The molecule has 3 heterocycles. The van der Waals surface area contributed by atoms with Crippen LogP contribution in [0.1, 0.15) is 5.01 Å². The Morgan fingerprint density at radius 1 is 1.50 bits per heavy atom. The smallest absolute Gasteiger partial charge is 0.215 e. The molecule has 0 amide bonds. The topological polar surface area (TPSA) is 55.7 Å². The highest BCUT2D eigenvalue weighted by atomic mass is 32.1. The van der Waals surface area contributed by atoms with E-state index in [1.807, 2.05) is 16.0 Å². The summed E-state index contributed by atoms with van der Waals surface area (Å²) in [5.41, 5.74) is 1.69. The van der Waals surface area contributed by atoms with Crippen LogP contribution in [0.2, 0.25) is 0 Å². The van der Waals surface area contributed by atoms with Gasteiger partial charge in [-0.3, -0.25) is 4.57 Å². The number of nitrogens with zero attached hydrogens (tertiary/aromatic N) is 3. The molecule has 5 nitrogen and oxygen atoms in total. The number of aromatic amines is 1. The van der Waals surface area contributed by atoms with E-state index in [4.69, 9.17) is 17.0 Å². The number of hydrogen-bond donors (Lipinski definition) is 1. The quantitative estimate of drug-likeness (QED) is 0.748. The van der Waals surface area contributed by atoms with E-state index in [9.17, 15) is 0 Å². The summed E-state index contributed by atoms with van der Waals surface area (Å²) in [4.78, 5) is 11.8. The lowest BCUT2D eigenvalue weighted by Gasteiger charge is -2.02. The van der Waals surface area contributed by atoms with Crippen molar-refractivity contribution in [1.29, 1.82) is 0 Å². The minimum absolute atomic E-state index is 0.574. The third kappa shape index (κ3) is 1.91. The molecule has 3 rings (SSSR count). The van der Waals surface area contributed by atoms with Crippen LogP contribution >= 0.6 is 23.6 Å². The van der Waals surface area contributed by atoms with Crippen LogP contribution in [0.15, 0.2) is 23.7 Å². The summed E-state index contributed by atoms with van der Waals surface area (Å²) in [6.07, 6.45) is 1.78. The van der Waals surface area contributed by atoms with Crippen LogP contribution in [-0.4, -0.2) is 26.6 Å². The SMILES string of the molecule is COc1ccc2[nH]c(=S)n(Cc3nccs3)c2n1. The highest BCUT2D eigenvalue weighted by molar-refractivity contribution is 7.71. The Bertz CT molecular complexity index is 729. The first-order valence-corrected chi connectivity index (χ1v) is 6.58. The Kier molecular flexibility index (Phi) is 2.85. The van der Waals surface area contributed by atoms with Crippen molar-refractivity contribution in [3.8, 4) is 5.88 Å². The summed E-state index contributed by atoms with van der Waals surface area (Å²) in [6, 6.07) is 3.72. The number of thiazole rings is 1. The number of aromatic nitrogens is 4. The Labute approximate surface area is 112 Å². The number of fused-ring (bicyclic) bond motifs is 1. The Morgan fingerprint density at radius 3 is 3.11 bits per heavy atom. The average Bonchev–Trinajstić information content (AvgIpc) is 2.99. The van der Waals surface area contributed by atoms with E-state index >= 15 is 0 Å². The second-order valence-corrected chi connectivity index (χ2v) is 5.03. The van der Waals surface area contributed by atoms with Gasteiger partial charge in [0.2, 0.25) is 5.88 Å². The normalized spacial score (nSPS) is 10.9. The van der Waals surface area contributed by atoms with Gasteiger partial charge in [-0.05, 0) is 18.3 Å². The van der Waals surface area contributed by atoms with Crippen molar-refractivity contribution < 1.29 is 4.74 Å². The van der Waals surface area contributed by atoms with Gasteiger partial charge in [-0.25, -0.2) is 4.98 Å². The van der Waals surface area contributed by atoms with Gasteiger partial charge < -0.3 is 9.72 Å². The third-order valence-corrected chi connectivity index (χ3v) is 3.66. The summed E-state index contributed by atoms with van der Waals surface area (Å²) in [6.45, 7) is 0.622. The molecule has 3 aromatic rings. The van der Waals surface area contributed by atoms with Gasteiger partial charge in [0.05, 0.1) is 19.2 Å². The monoisotopic (exact) mass is 278 g/mol. The summed E-state index contributed by atoms with van der Waals surface area (Å²) < 4.78 is 7.70. The van der Waals surface area contributed by atoms with E-state index in [0.717, 1.165) is 16.2 Å². The first-order chi connectivity index (χ1) is 8.78. The van der Waals surface area contributed by atoms with Gasteiger partial charge in [-0.2, -0.15) is 4.98 Å². The van der Waals surface area contributed by atoms with E-state index < -0.39 is 0 Å². The standard InChI is InChI=1S/C11H10N4OS2/c1-16-8-3-2-7-10(14-8)15(11(17)13-7)6-9-12-4-5-18-9/h2-5H,6H2,1H3,(H,13,17). The van der Waals surface area contributed by atoms with E-state index in [1.165, 1.54) is 0 Å². The molecular weight excluding hydrogens is 268 g/mol. The summed E-state index contributed by atoms with van der Waals surface area (Å²) in [5, 5.41) is 2.94. The molecule has 0 bridgehead atoms. The molecule has 0 spiro atoms. The van der Waals surface area contributed by atoms with Crippen LogP contribution in [-0.2, 0) is 6.54 Å². The van der Waals surface area contributed by atoms with Crippen LogP contribution in [0.3, 0.4) is 0 Å². The van der Waals surface area contributed by atoms with Crippen LogP contribution in [0.4, 0.5) is 0 Å². The molecule has 0 atom stereocenters. The molecule has 0 saturated carbocycles. The van der Waals surface area contributed by atoms with E-state index in [2.05, 4.69) is 15.0 Å². The van der Waals surface area contributed by atoms with Gasteiger partial charge in [-0.15, -0.1) is 11.3 Å². The molecule has 18 heavy (non-hydrogen) atoms. The summed E-state index contributed by atoms with van der Waals surface area (Å²) in [7, 11) is 1.60. The number of nitrogens with one attached hydrogen (secondary N) is 1. The van der Waals surface area contributed by atoms with Crippen molar-refractivity contribution in [3.05, 3.63) is 33.5 Å². The van der Waals surface area contributed by atoms with Crippen molar-refractivity contribution in [2.45, 2.75) is 6.54 Å². The van der Waals surface area contributed by atoms with Crippen molar-refractivity contribution in [2.75, 3.05) is 7.11 Å². The van der Waals surface area contributed by atoms with E-state index in [0.29, 0.717) is 17.2 Å². The third-order valence-electron chi connectivity index (χ3n) is 2.58. The molecule has 0 saturated heterocycles. The fourth-order valence-corrected chi connectivity index (χ4v) is 2.61. The largest absolute Gasteiger partial charge is 0.481 e. The Balaban J connectivity index is 2.14. The zero-order valence-corrected chi connectivity index (χ0v) is 11.2. The van der Waals surface area contributed by atoms with Crippen LogP contribution in [0.25, 0.3) is 11.2 Å². The molecule has 0 fully saturated rings.